The Morgan fingerprint density at radius 3 is 2.75 bits per heavy atom. The normalized spacial score (nSPS) is 10.9. The van der Waals surface area contributed by atoms with Gasteiger partial charge in [0.25, 0.3) is 0 Å². The summed E-state index contributed by atoms with van der Waals surface area (Å²) < 4.78 is 7.20. The number of imidazole rings is 1. The molecular weight excluding hydrogens is 252 g/mol. The molecule has 1 N–H and O–H groups in total. The van der Waals surface area contributed by atoms with Crippen molar-refractivity contribution >= 4 is 5.65 Å². The topological polar surface area (TPSA) is 51.5 Å². The first-order valence-corrected chi connectivity index (χ1v) is 6.44. The van der Waals surface area contributed by atoms with Crippen molar-refractivity contribution in [1.82, 2.24) is 19.7 Å². The highest BCUT2D eigenvalue weighted by atomic mass is 16.5. The second-order valence-electron chi connectivity index (χ2n) is 4.45. The Hall–Kier alpha value is -2.40. The zero-order chi connectivity index (χ0) is 13.9. The lowest BCUT2D eigenvalue weighted by atomic mass is 10.1. The van der Waals surface area contributed by atoms with Gasteiger partial charge < -0.3 is 10.1 Å². The van der Waals surface area contributed by atoms with Crippen molar-refractivity contribution in [2.75, 3.05) is 14.2 Å². The third-order valence-corrected chi connectivity index (χ3v) is 3.18. The van der Waals surface area contributed by atoms with Gasteiger partial charge >= 0.3 is 0 Å². The van der Waals surface area contributed by atoms with E-state index >= 15 is 0 Å². The van der Waals surface area contributed by atoms with E-state index in [0.29, 0.717) is 6.54 Å². The van der Waals surface area contributed by atoms with Crippen LogP contribution in [0.3, 0.4) is 0 Å². The van der Waals surface area contributed by atoms with E-state index in [9.17, 15) is 0 Å². The average molecular weight is 268 g/mol. The molecule has 0 fully saturated rings. The van der Waals surface area contributed by atoms with Gasteiger partial charge in [-0.05, 0) is 37.4 Å². The van der Waals surface area contributed by atoms with E-state index in [1.165, 1.54) is 0 Å². The van der Waals surface area contributed by atoms with E-state index in [1.54, 1.807) is 13.3 Å². The molecule has 0 spiro atoms. The highest BCUT2D eigenvalue weighted by molar-refractivity contribution is 5.74. The molecule has 2 heterocycles. The summed E-state index contributed by atoms with van der Waals surface area (Å²) in [5, 5.41) is 3.13. The van der Waals surface area contributed by atoms with Gasteiger partial charge in [0.15, 0.2) is 5.65 Å². The van der Waals surface area contributed by atoms with Gasteiger partial charge in [0, 0.05) is 18.0 Å². The number of nitrogens with one attached hydrogen (secondary N) is 1. The van der Waals surface area contributed by atoms with Gasteiger partial charge in [-0.1, -0.05) is 0 Å². The van der Waals surface area contributed by atoms with Crippen molar-refractivity contribution in [2.45, 2.75) is 6.54 Å². The Balaban J connectivity index is 2.14. The van der Waals surface area contributed by atoms with Gasteiger partial charge in [-0.3, -0.25) is 4.40 Å². The van der Waals surface area contributed by atoms with E-state index < -0.39 is 0 Å². The maximum atomic E-state index is 5.19. The van der Waals surface area contributed by atoms with Crippen molar-refractivity contribution in [2.24, 2.45) is 0 Å². The second kappa shape index (κ2) is 5.30. The van der Waals surface area contributed by atoms with E-state index in [4.69, 9.17) is 9.72 Å². The first-order chi connectivity index (χ1) is 9.83. The number of hydrogen-bond donors (Lipinski definition) is 1. The summed E-state index contributed by atoms with van der Waals surface area (Å²) >= 11 is 0. The number of ether oxygens (including phenoxy) is 1. The summed E-state index contributed by atoms with van der Waals surface area (Å²) in [7, 11) is 3.57. The average Bonchev–Trinajstić information content (AvgIpc) is 2.87. The molecule has 0 aliphatic heterocycles. The number of methoxy groups -OCH3 is 1. The van der Waals surface area contributed by atoms with Crippen LogP contribution in [-0.2, 0) is 6.54 Å². The number of rotatable bonds is 4. The number of fused-ring (bicyclic) bond motifs is 1. The number of hydrogen-bond acceptors (Lipinski definition) is 4. The minimum atomic E-state index is 0.697. The number of benzene rings is 1. The smallest absolute Gasteiger partial charge is 0.164 e. The first kappa shape index (κ1) is 12.6. The third-order valence-electron chi connectivity index (χ3n) is 3.18. The summed E-state index contributed by atoms with van der Waals surface area (Å²) in [4.78, 5) is 9.15. The number of aromatic nitrogens is 3. The quantitative estimate of drug-likeness (QED) is 0.787. The van der Waals surface area contributed by atoms with Crippen molar-refractivity contribution < 1.29 is 4.74 Å². The van der Waals surface area contributed by atoms with Crippen LogP contribution in [0, 0.1) is 0 Å². The zero-order valence-corrected chi connectivity index (χ0v) is 11.5. The van der Waals surface area contributed by atoms with Crippen LogP contribution in [0.15, 0.2) is 42.7 Å². The van der Waals surface area contributed by atoms with Gasteiger partial charge in [-0.2, -0.15) is 0 Å². The van der Waals surface area contributed by atoms with Crippen molar-refractivity contribution in [3.05, 3.63) is 48.5 Å². The lowest BCUT2D eigenvalue weighted by Crippen LogP contribution is -2.08. The van der Waals surface area contributed by atoms with Crippen molar-refractivity contribution in [1.29, 1.82) is 0 Å². The monoisotopic (exact) mass is 268 g/mol. The molecular formula is C15H16N4O. The molecule has 0 radical (unpaired) electrons. The van der Waals surface area contributed by atoms with Crippen LogP contribution < -0.4 is 10.1 Å². The fourth-order valence-electron chi connectivity index (χ4n) is 2.21. The lowest BCUT2D eigenvalue weighted by Gasteiger charge is -2.01. The molecule has 0 amide bonds. The molecule has 102 valence electrons. The van der Waals surface area contributed by atoms with Gasteiger partial charge in [-0.25, -0.2) is 9.97 Å². The predicted octanol–water partition coefficient (Wildman–Crippen LogP) is 2.12. The van der Waals surface area contributed by atoms with Crippen LogP contribution in [0.4, 0.5) is 0 Å². The Labute approximate surface area is 117 Å². The molecule has 0 bridgehead atoms. The van der Waals surface area contributed by atoms with E-state index in [1.807, 2.05) is 48.0 Å². The minimum Gasteiger partial charge on any atom is -0.497 e. The SMILES string of the molecule is CNCc1nc(-c2ccc(OC)cc2)c2ncccn12. The van der Waals surface area contributed by atoms with Gasteiger partial charge in [-0.15, -0.1) is 0 Å². The molecule has 3 aromatic rings. The number of nitrogens with zero attached hydrogens (tertiary/aromatic N) is 3. The fourth-order valence-corrected chi connectivity index (χ4v) is 2.21. The highest BCUT2D eigenvalue weighted by Gasteiger charge is 2.12. The Kier molecular flexibility index (Phi) is 3.35. The van der Waals surface area contributed by atoms with E-state index in [0.717, 1.165) is 28.5 Å². The van der Waals surface area contributed by atoms with Crippen molar-refractivity contribution in [3.8, 4) is 17.0 Å². The van der Waals surface area contributed by atoms with Crippen molar-refractivity contribution in [3.63, 3.8) is 0 Å². The van der Waals surface area contributed by atoms with Crippen LogP contribution in [0.25, 0.3) is 16.9 Å². The summed E-state index contributed by atoms with van der Waals surface area (Å²) in [6.45, 7) is 0.697. The van der Waals surface area contributed by atoms with Crippen LogP contribution in [0.5, 0.6) is 5.75 Å². The molecule has 0 aliphatic rings. The lowest BCUT2D eigenvalue weighted by molar-refractivity contribution is 0.415. The van der Waals surface area contributed by atoms with E-state index in [-0.39, 0.29) is 0 Å². The molecule has 5 heteroatoms. The molecule has 0 saturated carbocycles. The van der Waals surface area contributed by atoms with Gasteiger partial charge in [0.05, 0.1) is 13.7 Å². The molecule has 0 unspecified atom stereocenters. The maximum Gasteiger partial charge on any atom is 0.164 e. The highest BCUT2D eigenvalue weighted by Crippen LogP contribution is 2.25. The molecule has 0 atom stereocenters. The standard InChI is InChI=1S/C15H16N4O/c1-16-10-13-18-14(15-17-8-3-9-19(13)15)11-4-6-12(20-2)7-5-11/h3-9,16H,10H2,1-2H3. The van der Waals surface area contributed by atoms with Crippen LogP contribution in [0.1, 0.15) is 5.82 Å². The predicted molar refractivity (Wildman–Crippen MR) is 77.7 cm³/mol. The molecule has 2 aromatic heterocycles. The van der Waals surface area contributed by atoms with Gasteiger partial charge in [0.1, 0.15) is 17.3 Å². The minimum absolute atomic E-state index is 0.697. The van der Waals surface area contributed by atoms with Crippen LogP contribution in [0.2, 0.25) is 0 Å². The summed E-state index contributed by atoms with van der Waals surface area (Å²) in [5.74, 6) is 1.78. The van der Waals surface area contributed by atoms with Crippen LogP contribution in [-0.4, -0.2) is 28.5 Å². The maximum absolute atomic E-state index is 5.19. The molecule has 3 rings (SSSR count). The largest absolute Gasteiger partial charge is 0.497 e. The molecule has 20 heavy (non-hydrogen) atoms. The summed E-state index contributed by atoms with van der Waals surface area (Å²) in [6.07, 6.45) is 3.77. The molecule has 5 nitrogen and oxygen atoms in total. The molecule has 0 saturated heterocycles. The summed E-state index contributed by atoms with van der Waals surface area (Å²) in [6, 6.07) is 9.77. The third kappa shape index (κ3) is 2.12. The Morgan fingerprint density at radius 1 is 1.25 bits per heavy atom. The van der Waals surface area contributed by atoms with Gasteiger partial charge in [0.2, 0.25) is 0 Å². The van der Waals surface area contributed by atoms with Crippen LogP contribution >= 0.6 is 0 Å². The fraction of sp³-hybridized carbons (Fsp3) is 0.200. The zero-order valence-electron chi connectivity index (χ0n) is 11.5. The second-order valence-corrected chi connectivity index (χ2v) is 4.45. The summed E-state index contributed by atoms with van der Waals surface area (Å²) in [5.41, 5.74) is 2.78. The Morgan fingerprint density at radius 2 is 2.05 bits per heavy atom. The first-order valence-electron chi connectivity index (χ1n) is 6.44. The Bertz CT molecular complexity index is 718. The van der Waals surface area contributed by atoms with E-state index in [2.05, 4.69) is 10.3 Å². The molecule has 0 aliphatic carbocycles. The molecule has 1 aromatic carbocycles.